The Morgan fingerprint density at radius 2 is 3.43 bits per heavy atom. The molecule has 0 aliphatic rings. The molecule has 0 spiro atoms. The lowest BCUT2D eigenvalue weighted by Crippen LogP contribution is -2.31. The zero-order chi connectivity index (χ0) is 14.6. The van der Waals surface area contributed by atoms with Crippen LogP contribution in [0.2, 0.25) is 2.82 Å². The van der Waals surface area contributed by atoms with Crippen molar-refractivity contribution < 1.29 is 16.8 Å². The van der Waals surface area contributed by atoms with Crippen LogP contribution in [0.25, 0.3) is 0 Å². The molecule has 3 nitrogen and oxygen atoms in total. The summed E-state index contributed by atoms with van der Waals surface area (Å²) in [5.74, 6) is -2.44. The van der Waals surface area contributed by atoms with Crippen LogP contribution >= 0.6 is 12.1 Å². The topological polar surface area (TPSA) is 63.3 Å². The van der Waals surface area contributed by atoms with Gasteiger partial charge in [-0.05, 0) is 5.70 Å². The fourth-order valence-corrected chi connectivity index (χ4v) is 0.131. The van der Waals surface area contributed by atoms with Crippen LogP contribution in [0.4, 0.5) is 0 Å². The summed E-state index contributed by atoms with van der Waals surface area (Å²) in [5.41, 5.74) is -5.20. The lowest BCUT2D eigenvalue weighted by atomic mass is 10.4. The van der Waals surface area contributed by atoms with E-state index in [-0.39, 0.29) is 0 Å². The number of aliphatic carboxylic acids is 1. The largest absolute Gasteiger partial charge is 0.480 e. The van der Waals surface area contributed by atoms with Gasteiger partial charge in [0.05, 0.1) is 6.99 Å². The number of hydrogen-bond acceptors (Lipinski definition) is 2. The Bertz CT molecular complexity index is 347. The summed E-state index contributed by atoms with van der Waals surface area (Å²) in [6, 6.07) is -3.91. The Morgan fingerprint density at radius 1 is 2.71 bits per heavy atom. The van der Waals surface area contributed by atoms with E-state index in [1.807, 2.05) is 0 Å². The molecule has 0 saturated carbocycles. The first-order valence-corrected chi connectivity index (χ1v) is 1.76. The third-order valence-electron chi connectivity index (χ3n) is 0.299. The van der Waals surface area contributed by atoms with E-state index in [9.17, 15) is 4.79 Å². The van der Waals surface area contributed by atoms with E-state index in [1.165, 1.54) is 0 Å². The molecule has 0 aromatic carbocycles. The SMILES string of the molecule is [2H]N([2H])[C@]([2H])(C(=O)O)C([2H])([2H])S([2H])([2H])([2H])([2H])[2H]. The molecule has 0 amide bonds. The van der Waals surface area contributed by atoms with Crippen molar-refractivity contribution in [3.8, 4) is 0 Å². The van der Waals surface area contributed by atoms with Crippen molar-refractivity contribution in [3.63, 3.8) is 0 Å². The molecule has 0 rings (SSSR count). The van der Waals surface area contributed by atoms with Crippen LogP contribution in [0.5, 0.6) is 0 Å². The first-order valence-electron chi connectivity index (χ1n) is 5.79. The van der Waals surface area contributed by atoms with E-state index in [2.05, 4.69) is 0 Å². The summed E-state index contributed by atoms with van der Waals surface area (Å²) in [6.45, 7) is 0. The van der Waals surface area contributed by atoms with Gasteiger partial charge in [0.2, 0.25) is 0 Å². The molecule has 0 radical (unpaired) electrons. The number of hydrogen-bond donors (Lipinski definition) is 2. The smallest absolute Gasteiger partial charge is 0.321 e. The number of carboxylic acids is 1. The van der Waals surface area contributed by atoms with Gasteiger partial charge in [-0.3, -0.25) is 4.79 Å². The lowest BCUT2D eigenvalue weighted by Gasteiger charge is -1.98. The second-order valence-corrected chi connectivity index (χ2v) is 0.960. The molecule has 4 heteroatoms. The Balaban J connectivity index is 6.20. The Hall–Kier alpha value is -0.220. The molecule has 0 aliphatic heterocycles. The van der Waals surface area contributed by atoms with Crippen molar-refractivity contribution in [3.05, 3.63) is 0 Å². The van der Waals surface area contributed by atoms with E-state index in [4.69, 9.17) is 17.7 Å². The molecule has 1 atom stereocenters. The minimum atomic E-state index is -7.33. The Labute approximate surface area is 59.5 Å². The van der Waals surface area contributed by atoms with Gasteiger partial charge in [-0.25, -0.2) is 0 Å². The van der Waals surface area contributed by atoms with Gasteiger partial charge >= 0.3 is 5.97 Å². The van der Waals surface area contributed by atoms with Crippen LogP contribution in [0, 0.1) is 0 Å². The standard InChI is InChI=1S/C3H11NO2S/c4-2(1-7)3(5)6/h2H,1,4H2,7H5,(H,5,6)/t2-/m0/s1/i1D2,2D,7D5/hD2. The van der Waals surface area contributed by atoms with E-state index < -0.39 is 35.6 Å². The molecule has 0 aliphatic carbocycles. The zero-order valence-electron chi connectivity index (χ0n) is 13.2. The molecule has 0 aromatic heterocycles. The van der Waals surface area contributed by atoms with Crippen molar-refractivity contribution in [2.75, 3.05) is 5.70 Å². The normalized spacial score (nSPS) is 53.9. The first-order chi connectivity index (χ1) is 6.88. The summed E-state index contributed by atoms with van der Waals surface area (Å²) >= 11 is -7.33. The fourth-order valence-electron chi connectivity index (χ4n) is 0.0437. The maximum Gasteiger partial charge on any atom is 0.321 e. The summed E-state index contributed by atoms with van der Waals surface area (Å²) in [4.78, 5) is 10.7. The molecular weight excluding hydrogens is 114 g/mol. The van der Waals surface area contributed by atoms with Crippen LogP contribution in [-0.2, 0) is 4.79 Å². The third-order valence-corrected chi connectivity index (χ3v) is 0.493. The predicted molar refractivity (Wildman–Crippen MR) is 35.0 cm³/mol. The van der Waals surface area contributed by atoms with E-state index in [0.29, 0.717) is 0 Å². The molecule has 0 saturated heterocycles. The van der Waals surface area contributed by atoms with E-state index >= 15 is 0 Å². The molecule has 3 N–H and O–H groups in total. The highest BCUT2D eigenvalue weighted by molar-refractivity contribution is 7.80. The highest BCUT2D eigenvalue weighted by Crippen LogP contribution is 1.80. The van der Waals surface area contributed by atoms with Gasteiger partial charge in [0.25, 0.3) is 0 Å². The molecule has 7 heavy (non-hydrogen) atoms. The summed E-state index contributed by atoms with van der Waals surface area (Å²) < 4.78 is 69.3. The third kappa shape index (κ3) is 2.47. The molecule has 0 heterocycles. The molecule has 46 valence electrons. The van der Waals surface area contributed by atoms with Crippen LogP contribution < -0.4 is 5.72 Å². The number of carbonyl (C=O) groups is 1. The monoisotopic (exact) mass is 135 g/mol. The average molecular weight is 135 g/mol. The van der Waals surface area contributed by atoms with Crippen LogP contribution in [0.3, 0.4) is 0 Å². The fraction of sp³-hybridized carbons (Fsp3) is 0.667. The van der Waals surface area contributed by atoms with E-state index in [0.717, 1.165) is 0 Å². The Morgan fingerprint density at radius 3 is 3.57 bits per heavy atom. The number of rotatable bonds is 4. The average Bonchev–Trinajstić information content (AvgIpc) is 1.96. The van der Waals surface area contributed by atoms with Crippen molar-refractivity contribution in [1.29, 1.82) is 5.62 Å². The summed E-state index contributed by atoms with van der Waals surface area (Å²) in [5, 5.41) is 8.62. The molecular formula is C3H11NO2S. The molecule has 0 aromatic rings. The molecule has 0 fully saturated rings. The van der Waals surface area contributed by atoms with Gasteiger partial charge in [-0.2, -0.15) is 0 Å². The van der Waals surface area contributed by atoms with Crippen molar-refractivity contribution in [2.24, 2.45) is 5.72 Å². The summed E-state index contributed by atoms with van der Waals surface area (Å²) in [6.07, 6.45) is 0. The van der Waals surface area contributed by atoms with Gasteiger partial charge < -0.3 is 23.0 Å². The summed E-state index contributed by atoms with van der Waals surface area (Å²) in [7, 11) is 0. The zero-order valence-corrected chi connectivity index (χ0v) is 4.03. The molecule has 0 unspecified atom stereocenters. The van der Waals surface area contributed by atoms with Gasteiger partial charge in [0.15, 0.2) is 0 Å². The van der Waals surface area contributed by atoms with E-state index in [1.54, 1.807) is 0 Å². The second kappa shape index (κ2) is 2.87. The van der Waals surface area contributed by atoms with Crippen LogP contribution in [-0.4, -0.2) is 28.4 Å². The second-order valence-electron chi connectivity index (χ2n) is 0.756. The van der Waals surface area contributed by atoms with Crippen LogP contribution in [0.15, 0.2) is 0 Å². The highest BCUT2D eigenvalue weighted by Gasteiger charge is 2.05. The number of nitrogens with two attached hydrogens (primary N) is 1. The van der Waals surface area contributed by atoms with Gasteiger partial charge in [0, 0.05) is 2.74 Å². The minimum Gasteiger partial charge on any atom is -0.480 e. The van der Waals surface area contributed by atoms with Crippen molar-refractivity contribution in [2.45, 2.75) is 6.02 Å². The first kappa shape index (κ1) is 0.910. The minimum absolute atomic E-state index is 0.976. The van der Waals surface area contributed by atoms with Gasteiger partial charge in [-0.15, -0.1) is 0 Å². The van der Waals surface area contributed by atoms with Gasteiger partial charge in [-0.1, -0.05) is 0 Å². The predicted octanol–water partition coefficient (Wildman–Crippen LogP) is -1.74. The molecule has 0 bridgehead atoms. The Kier molecular flexibility index (Phi) is 0.373. The quantitative estimate of drug-likeness (QED) is 0.481. The maximum atomic E-state index is 10.7. The highest BCUT2D eigenvalue weighted by atomic mass is 32.1. The van der Waals surface area contributed by atoms with Crippen LogP contribution in [0.1, 0.15) is 4.11 Å². The number of carboxylic acid groups (broad SMARTS) is 1. The van der Waals surface area contributed by atoms with Gasteiger partial charge in [0.1, 0.15) is 8.84 Å². The van der Waals surface area contributed by atoms with Crippen molar-refractivity contribution in [1.82, 2.24) is 0 Å². The maximum absolute atomic E-state index is 10.7. The lowest BCUT2D eigenvalue weighted by molar-refractivity contribution is -0.137. The van der Waals surface area contributed by atoms with Crippen molar-refractivity contribution >= 4 is 18.1 Å².